The molecule has 1 rings (SSSR count). The Morgan fingerprint density at radius 3 is 2.69 bits per heavy atom. The van der Waals surface area contributed by atoms with Crippen LogP contribution in [-0.2, 0) is 9.53 Å². The van der Waals surface area contributed by atoms with Crippen molar-refractivity contribution >= 4 is 5.91 Å². The Balaban J connectivity index is 2.37. The summed E-state index contributed by atoms with van der Waals surface area (Å²) in [5.74, 6) is 1.28. The molecule has 1 saturated heterocycles. The normalized spacial score (nSPS) is 23.6. The van der Waals surface area contributed by atoms with E-state index < -0.39 is 0 Å². The minimum atomic E-state index is -0.285. The Morgan fingerprint density at radius 1 is 1.44 bits per heavy atom. The minimum absolute atomic E-state index is 0.159. The first-order valence-electron chi connectivity index (χ1n) is 6.41. The number of hydrogen-bond donors (Lipinski definition) is 0. The van der Waals surface area contributed by atoms with Gasteiger partial charge in [0.2, 0.25) is 0 Å². The van der Waals surface area contributed by atoms with E-state index >= 15 is 0 Å². The lowest BCUT2D eigenvalue weighted by Gasteiger charge is -2.32. The fourth-order valence-electron chi connectivity index (χ4n) is 2.05. The smallest absolute Gasteiger partial charge is 0.251 e. The summed E-state index contributed by atoms with van der Waals surface area (Å²) < 4.78 is 5.56. The summed E-state index contributed by atoms with van der Waals surface area (Å²) in [5.41, 5.74) is 0. The molecule has 0 aromatic rings. The molecule has 94 valence electrons. The van der Waals surface area contributed by atoms with Crippen LogP contribution in [0.5, 0.6) is 0 Å². The second kappa shape index (κ2) is 6.24. The summed E-state index contributed by atoms with van der Waals surface area (Å²) in [5, 5.41) is 0. The molecule has 0 aliphatic carbocycles. The van der Waals surface area contributed by atoms with Gasteiger partial charge < -0.3 is 9.64 Å². The van der Waals surface area contributed by atoms with E-state index in [1.54, 1.807) is 0 Å². The maximum absolute atomic E-state index is 12.1. The lowest BCUT2D eigenvalue weighted by atomic mass is 10.00. The zero-order valence-electron chi connectivity index (χ0n) is 11.0. The van der Waals surface area contributed by atoms with E-state index in [0.29, 0.717) is 18.4 Å². The highest BCUT2D eigenvalue weighted by Gasteiger charge is 2.25. The zero-order chi connectivity index (χ0) is 12.1. The average molecular weight is 227 g/mol. The molecule has 0 aromatic carbocycles. The van der Waals surface area contributed by atoms with E-state index in [1.807, 2.05) is 11.8 Å². The van der Waals surface area contributed by atoms with Gasteiger partial charge in [-0.3, -0.25) is 4.79 Å². The number of rotatable bonds is 4. The number of piperidine rings is 1. The molecule has 0 bridgehead atoms. The second-order valence-corrected chi connectivity index (χ2v) is 5.40. The molecule has 1 amide bonds. The van der Waals surface area contributed by atoms with Crippen molar-refractivity contribution in [3.05, 3.63) is 0 Å². The fraction of sp³-hybridized carbons (Fsp3) is 0.923. The molecule has 16 heavy (non-hydrogen) atoms. The molecule has 1 heterocycles. The maximum Gasteiger partial charge on any atom is 0.251 e. The first-order chi connectivity index (χ1) is 7.50. The summed E-state index contributed by atoms with van der Waals surface area (Å²) in [6.45, 7) is 10.7. The molecular formula is C13H25NO2. The van der Waals surface area contributed by atoms with Crippen LogP contribution < -0.4 is 0 Å². The zero-order valence-corrected chi connectivity index (χ0v) is 11.0. The number of nitrogens with zero attached hydrogens (tertiary/aromatic N) is 1. The van der Waals surface area contributed by atoms with Crippen LogP contribution in [0.3, 0.4) is 0 Å². The first-order valence-corrected chi connectivity index (χ1v) is 6.41. The minimum Gasteiger partial charge on any atom is -0.368 e. The molecule has 0 radical (unpaired) electrons. The molecule has 0 unspecified atom stereocenters. The van der Waals surface area contributed by atoms with Gasteiger partial charge in [0.25, 0.3) is 5.91 Å². The van der Waals surface area contributed by atoms with Crippen LogP contribution in [0.2, 0.25) is 0 Å². The van der Waals surface area contributed by atoms with Crippen molar-refractivity contribution in [3.63, 3.8) is 0 Å². The topological polar surface area (TPSA) is 29.5 Å². The highest BCUT2D eigenvalue weighted by molar-refractivity contribution is 5.80. The number of carbonyl (C=O) groups is 1. The Morgan fingerprint density at radius 2 is 2.12 bits per heavy atom. The van der Waals surface area contributed by atoms with E-state index in [4.69, 9.17) is 4.74 Å². The Labute approximate surface area is 99.1 Å². The van der Waals surface area contributed by atoms with Crippen LogP contribution in [-0.4, -0.2) is 36.6 Å². The second-order valence-electron chi connectivity index (χ2n) is 5.40. The van der Waals surface area contributed by atoms with Crippen LogP contribution in [0.15, 0.2) is 0 Å². The fourth-order valence-corrected chi connectivity index (χ4v) is 2.05. The van der Waals surface area contributed by atoms with Crippen LogP contribution >= 0.6 is 0 Å². The Hall–Kier alpha value is -0.570. The third-order valence-electron chi connectivity index (χ3n) is 3.00. The van der Waals surface area contributed by atoms with Crippen LogP contribution in [0.25, 0.3) is 0 Å². The predicted molar refractivity (Wildman–Crippen MR) is 65.2 cm³/mol. The SMILES string of the molecule is CC(C)CO[C@@H](C)C(=O)N1CCC[C@H](C)C1. The van der Waals surface area contributed by atoms with Crippen LogP contribution in [0, 0.1) is 11.8 Å². The van der Waals surface area contributed by atoms with E-state index in [2.05, 4.69) is 20.8 Å². The van der Waals surface area contributed by atoms with E-state index in [9.17, 15) is 4.79 Å². The lowest BCUT2D eigenvalue weighted by Crippen LogP contribution is -2.44. The van der Waals surface area contributed by atoms with Gasteiger partial charge in [0, 0.05) is 19.7 Å². The van der Waals surface area contributed by atoms with Gasteiger partial charge in [-0.05, 0) is 31.6 Å². The Kier molecular flexibility index (Phi) is 5.26. The summed E-state index contributed by atoms with van der Waals surface area (Å²) in [4.78, 5) is 14.0. The van der Waals surface area contributed by atoms with Crippen molar-refractivity contribution in [3.8, 4) is 0 Å². The van der Waals surface area contributed by atoms with Gasteiger partial charge in [-0.2, -0.15) is 0 Å². The molecule has 0 aromatic heterocycles. The van der Waals surface area contributed by atoms with Gasteiger partial charge in [-0.25, -0.2) is 0 Å². The highest BCUT2D eigenvalue weighted by atomic mass is 16.5. The van der Waals surface area contributed by atoms with Gasteiger partial charge in [-0.1, -0.05) is 20.8 Å². The lowest BCUT2D eigenvalue weighted by molar-refractivity contribution is -0.145. The van der Waals surface area contributed by atoms with Gasteiger partial charge in [0.15, 0.2) is 0 Å². The van der Waals surface area contributed by atoms with E-state index in [-0.39, 0.29) is 12.0 Å². The number of ether oxygens (including phenoxy) is 1. The molecule has 1 fully saturated rings. The summed E-state index contributed by atoms with van der Waals surface area (Å²) in [6.07, 6.45) is 2.09. The van der Waals surface area contributed by atoms with Crippen LogP contribution in [0.1, 0.15) is 40.5 Å². The van der Waals surface area contributed by atoms with Gasteiger partial charge in [0.1, 0.15) is 6.10 Å². The monoisotopic (exact) mass is 227 g/mol. The Bertz CT molecular complexity index is 228. The number of amides is 1. The quantitative estimate of drug-likeness (QED) is 0.737. The number of carbonyl (C=O) groups excluding carboxylic acids is 1. The van der Waals surface area contributed by atoms with Crippen molar-refractivity contribution in [2.24, 2.45) is 11.8 Å². The molecule has 1 aliphatic rings. The molecule has 0 N–H and O–H groups in total. The molecule has 0 saturated carbocycles. The van der Waals surface area contributed by atoms with E-state index in [0.717, 1.165) is 19.5 Å². The summed E-state index contributed by atoms with van der Waals surface area (Å²) >= 11 is 0. The molecule has 3 nitrogen and oxygen atoms in total. The molecular weight excluding hydrogens is 202 g/mol. The van der Waals surface area contributed by atoms with Crippen molar-refractivity contribution in [2.75, 3.05) is 19.7 Å². The predicted octanol–water partition coefficient (Wildman–Crippen LogP) is 2.31. The first kappa shape index (κ1) is 13.5. The largest absolute Gasteiger partial charge is 0.368 e. The molecule has 0 spiro atoms. The van der Waals surface area contributed by atoms with Gasteiger partial charge >= 0.3 is 0 Å². The molecule has 3 heteroatoms. The maximum atomic E-state index is 12.1. The van der Waals surface area contributed by atoms with Gasteiger partial charge in [-0.15, -0.1) is 0 Å². The molecule has 1 aliphatic heterocycles. The highest BCUT2D eigenvalue weighted by Crippen LogP contribution is 2.16. The standard InChI is InChI=1S/C13H25NO2/c1-10(2)9-16-12(4)13(15)14-7-5-6-11(3)8-14/h10-12H,5-9H2,1-4H3/t11-,12-/m0/s1. The summed E-state index contributed by atoms with van der Waals surface area (Å²) in [6, 6.07) is 0. The van der Waals surface area contributed by atoms with E-state index in [1.165, 1.54) is 6.42 Å². The average Bonchev–Trinajstić information content (AvgIpc) is 2.24. The van der Waals surface area contributed by atoms with Gasteiger partial charge in [0.05, 0.1) is 0 Å². The van der Waals surface area contributed by atoms with Crippen LogP contribution in [0.4, 0.5) is 0 Å². The van der Waals surface area contributed by atoms with Crippen molar-refractivity contribution in [1.29, 1.82) is 0 Å². The van der Waals surface area contributed by atoms with Crippen molar-refractivity contribution in [1.82, 2.24) is 4.90 Å². The molecule has 2 atom stereocenters. The number of likely N-dealkylation sites (tertiary alicyclic amines) is 1. The number of hydrogen-bond acceptors (Lipinski definition) is 2. The summed E-state index contributed by atoms with van der Waals surface area (Å²) in [7, 11) is 0. The van der Waals surface area contributed by atoms with Crippen molar-refractivity contribution < 1.29 is 9.53 Å². The van der Waals surface area contributed by atoms with Crippen molar-refractivity contribution in [2.45, 2.75) is 46.6 Å². The third kappa shape index (κ3) is 4.12. The third-order valence-corrected chi connectivity index (χ3v) is 3.00.